The highest BCUT2D eigenvalue weighted by Crippen LogP contribution is 2.24. The normalized spacial score (nSPS) is 17.5. The second-order valence-electron chi connectivity index (χ2n) is 4.31. The quantitative estimate of drug-likeness (QED) is 0.702. The van der Waals surface area contributed by atoms with Gasteiger partial charge in [-0.25, -0.2) is 0 Å². The van der Waals surface area contributed by atoms with Gasteiger partial charge in [-0.3, -0.25) is 0 Å². The number of hydrogen-bond donors (Lipinski definition) is 1. The molecule has 0 heterocycles. The molecule has 2 nitrogen and oxygen atoms in total. The van der Waals surface area contributed by atoms with Gasteiger partial charge in [-0.1, -0.05) is 27.7 Å². The summed E-state index contributed by atoms with van der Waals surface area (Å²) >= 11 is 0. The Morgan fingerprint density at radius 3 is 1.92 bits per heavy atom. The number of hydrogen-bond acceptors (Lipinski definition) is 2. The van der Waals surface area contributed by atoms with Crippen LogP contribution in [-0.2, 0) is 4.74 Å². The molecule has 0 aromatic carbocycles. The van der Waals surface area contributed by atoms with E-state index in [0.717, 1.165) is 6.42 Å². The van der Waals surface area contributed by atoms with Crippen LogP contribution in [0.2, 0.25) is 0 Å². The zero-order valence-electron chi connectivity index (χ0n) is 9.27. The van der Waals surface area contributed by atoms with Crippen LogP contribution < -0.4 is 5.32 Å². The van der Waals surface area contributed by atoms with Crippen molar-refractivity contribution in [2.45, 2.75) is 46.3 Å². The molecule has 74 valence electrons. The number of nitrogens with one attached hydrogen (secondary N) is 1. The van der Waals surface area contributed by atoms with E-state index in [2.05, 4.69) is 33.0 Å². The minimum absolute atomic E-state index is 0.255. The van der Waals surface area contributed by atoms with Gasteiger partial charge in [0.25, 0.3) is 0 Å². The highest BCUT2D eigenvalue weighted by molar-refractivity contribution is 4.85. The Balaban J connectivity index is 4.31. The van der Waals surface area contributed by atoms with Gasteiger partial charge in [0, 0.05) is 13.2 Å². The molecule has 0 saturated carbocycles. The molecule has 0 aliphatic heterocycles. The Kier molecular flexibility index (Phi) is 4.80. The van der Waals surface area contributed by atoms with E-state index in [0.29, 0.717) is 12.1 Å². The molecule has 0 rings (SSSR count). The molecule has 0 aromatic rings. The van der Waals surface area contributed by atoms with Crippen molar-refractivity contribution in [2.75, 3.05) is 14.2 Å². The lowest BCUT2D eigenvalue weighted by atomic mass is 9.82. The molecule has 0 saturated heterocycles. The highest BCUT2D eigenvalue weighted by atomic mass is 16.5. The molecule has 1 N–H and O–H groups in total. The molecule has 0 bridgehead atoms. The van der Waals surface area contributed by atoms with Gasteiger partial charge < -0.3 is 10.1 Å². The molecule has 0 spiro atoms. The van der Waals surface area contributed by atoms with Crippen LogP contribution >= 0.6 is 0 Å². The van der Waals surface area contributed by atoms with E-state index in [1.54, 1.807) is 7.11 Å². The van der Waals surface area contributed by atoms with Gasteiger partial charge in [0.1, 0.15) is 0 Å². The fourth-order valence-corrected chi connectivity index (χ4v) is 1.72. The third-order valence-corrected chi connectivity index (χ3v) is 2.32. The predicted octanol–water partition coefficient (Wildman–Crippen LogP) is 2.05. The van der Waals surface area contributed by atoms with Crippen molar-refractivity contribution in [1.82, 2.24) is 5.32 Å². The van der Waals surface area contributed by atoms with E-state index in [1.807, 2.05) is 7.05 Å². The maximum absolute atomic E-state index is 5.42. The van der Waals surface area contributed by atoms with E-state index in [-0.39, 0.29) is 5.41 Å². The first kappa shape index (κ1) is 11.9. The van der Waals surface area contributed by atoms with Crippen LogP contribution in [0.1, 0.15) is 34.1 Å². The third kappa shape index (κ3) is 3.11. The van der Waals surface area contributed by atoms with Crippen molar-refractivity contribution in [3.05, 3.63) is 0 Å². The monoisotopic (exact) mass is 173 g/mol. The lowest BCUT2D eigenvalue weighted by molar-refractivity contribution is 0.0297. The smallest absolute Gasteiger partial charge is 0.0726 e. The topological polar surface area (TPSA) is 21.3 Å². The first-order chi connectivity index (χ1) is 5.47. The average Bonchev–Trinajstić information content (AvgIpc) is 1.97. The van der Waals surface area contributed by atoms with Gasteiger partial charge in [0.2, 0.25) is 0 Å². The second-order valence-corrected chi connectivity index (χ2v) is 4.31. The Morgan fingerprint density at radius 2 is 1.83 bits per heavy atom. The summed E-state index contributed by atoms with van der Waals surface area (Å²) in [5, 5.41) is 3.32. The van der Waals surface area contributed by atoms with Crippen molar-refractivity contribution in [1.29, 1.82) is 0 Å². The number of rotatable bonds is 4. The lowest BCUT2D eigenvalue weighted by Crippen LogP contribution is -2.47. The van der Waals surface area contributed by atoms with Gasteiger partial charge in [0.05, 0.1) is 6.10 Å². The van der Waals surface area contributed by atoms with Gasteiger partial charge in [-0.2, -0.15) is 0 Å². The molecular formula is C10H23NO. The highest BCUT2D eigenvalue weighted by Gasteiger charge is 2.29. The van der Waals surface area contributed by atoms with Gasteiger partial charge in [-0.15, -0.1) is 0 Å². The Bertz CT molecular complexity index is 113. The zero-order valence-corrected chi connectivity index (χ0v) is 9.27. The van der Waals surface area contributed by atoms with Gasteiger partial charge >= 0.3 is 0 Å². The fraction of sp³-hybridized carbons (Fsp3) is 1.00. The van der Waals surface area contributed by atoms with E-state index in [9.17, 15) is 0 Å². The van der Waals surface area contributed by atoms with E-state index >= 15 is 0 Å². The number of likely N-dealkylation sites (N-methyl/N-ethyl adjacent to an activating group) is 1. The Hall–Kier alpha value is -0.0800. The van der Waals surface area contributed by atoms with Crippen LogP contribution in [0.3, 0.4) is 0 Å². The molecule has 2 atom stereocenters. The molecular weight excluding hydrogens is 150 g/mol. The first-order valence-corrected chi connectivity index (χ1v) is 4.67. The number of ether oxygens (including phenoxy) is 1. The molecule has 0 aliphatic carbocycles. The van der Waals surface area contributed by atoms with E-state index < -0.39 is 0 Å². The largest absolute Gasteiger partial charge is 0.380 e. The van der Waals surface area contributed by atoms with Crippen LogP contribution in [0.25, 0.3) is 0 Å². The fourth-order valence-electron chi connectivity index (χ4n) is 1.72. The summed E-state index contributed by atoms with van der Waals surface area (Å²) in [6.45, 7) is 8.85. The van der Waals surface area contributed by atoms with Crippen LogP contribution in [-0.4, -0.2) is 26.3 Å². The third-order valence-electron chi connectivity index (χ3n) is 2.32. The van der Waals surface area contributed by atoms with Crippen LogP contribution in [0.15, 0.2) is 0 Å². The van der Waals surface area contributed by atoms with Gasteiger partial charge in [0.15, 0.2) is 0 Å². The number of methoxy groups -OCH3 is 1. The maximum Gasteiger partial charge on any atom is 0.0726 e. The molecule has 0 radical (unpaired) electrons. The summed E-state index contributed by atoms with van der Waals surface area (Å²) in [5.74, 6) is 0. The molecule has 0 aliphatic rings. The lowest BCUT2D eigenvalue weighted by Gasteiger charge is -2.35. The molecule has 0 amide bonds. The average molecular weight is 173 g/mol. The standard InChI is InChI=1S/C10H23NO/c1-7-8(12-6)9(11-5)10(2,3)4/h8-9,11H,7H2,1-6H3. The molecule has 0 aromatic heterocycles. The summed E-state index contributed by atoms with van der Waals surface area (Å²) in [6.07, 6.45) is 1.37. The molecule has 12 heavy (non-hydrogen) atoms. The van der Waals surface area contributed by atoms with Crippen molar-refractivity contribution < 1.29 is 4.74 Å². The van der Waals surface area contributed by atoms with Crippen molar-refractivity contribution >= 4 is 0 Å². The van der Waals surface area contributed by atoms with Gasteiger partial charge in [-0.05, 0) is 18.9 Å². The van der Waals surface area contributed by atoms with Crippen molar-refractivity contribution in [3.8, 4) is 0 Å². The summed E-state index contributed by atoms with van der Waals surface area (Å²) in [6, 6.07) is 0.424. The van der Waals surface area contributed by atoms with Crippen LogP contribution in [0.5, 0.6) is 0 Å². The first-order valence-electron chi connectivity index (χ1n) is 4.67. The summed E-state index contributed by atoms with van der Waals surface area (Å²) in [5.41, 5.74) is 0.255. The zero-order chi connectivity index (χ0) is 9.78. The van der Waals surface area contributed by atoms with Crippen LogP contribution in [0, 0.1) is 5.41 Å². The molecule has 2 heteroatoms. The Labute approximate surface area is 76.7 Å². The Morgan fingerprint density at radius 1 is 1.33 bits per heavy atom. The molecule has 0 fully saturated rings. The second kappa shape index (κ2) is 4.83. The van der Waals surface area contributed by atoms with Crippen LogP contribution in [0.4, 0.5) is 0 Å². The van der Waals surface area contributed by atoms with E-state index in [1.165, 1.54) is 0 Å². The summed E-state index contributed by atoms with van der Waals surface area (Å²) in [7, 11) is 3.78. The predicted molar refractivity (Wildman–Crippen MR) is 53.4 cm³/mol. The maximum atomic E-state index is 5.42. The van der Waals surface area contributed by atoms with Crippen molar-refractivity contribution in [3.63, 3.8) is 0 Å². The minimum Gasteiger partial charge on any atom is -0.380 e. The SMILES string of the molecule is CCC(OC)C(NC)C(C)(C)C. The van der Waals surface area contributed by atoms with Crippen molar-refractivity contribution in [2.24, 2.45) is 5.41 Å². The summed E-state index contributed by atoms with van der Waals surface area (Å²) < 4.78 is 5.42. The summed E-state index contributed by atoms with van der Waals surface area (Å²) in [4.78, 5) is 0. The minimum atomic E-state index is 0.255. The molecule has 2 unspecified atom stereocenters. The van der Waals surface area contributed by atoms with E-state index in [4.69, 9.17) is 4.74 Å².